The van der Waals surface area contributed by atoms with Crippen molar-refractivity contribution in [2.24, 2.45) is 9.98 Å². The molecule has 0 radical (unpaired) electrons. The third-order valence-electron chi connectivity index (χ3n) is 4.74. The molecule has 1 amide bonds. The van der Waals surface area contributed by atoms with Gasteiger partial charge in [0.1, 0.15) is 24.5 Å². The number of hydrogen-bond acceptors (Lipinski definition) is 6. The third-order valence-corrected chi connectivity index (χ3v) is 4.74. The summed E-state index contributed by atoms with van der Waals surface area (Å²) in [6, 6.07) is 15.9. The Labute approximate surface area is 207 Å². The SMILES string of the molecule is C/C=N\C(=N/C(C)OC)c1ccc(C[C@H](NC(=O)OCc2ccccc2)C(=O)OC(C)(C)C)cc1. The van der Waals surface area contributed by atoms with E-state index in [2.05, 4.69) is 15.3 Å². The molecular formula is C27H35N3O5. The van der Waals surface area contributed by atoms with Crippen LogP contribution >= 0.6 is 0 Å². The maximum Gasteiger partial charge on any atom is 0.408 e. The summed E-state index contributed by atoms with van der Waals surface area (Å²) in [5.41, 5.74) is 1.78. The molecule has 8 nitrogen and oxygen atoms in total. The van der Waals surface area contributed by atoms with E-state index in [9.17, 15) is 9.59 Å². The van der Waals surface area contributed by atoms with Gasteiger partial charge in [0, 0.05) is 25.3 Å². The zero-order valence-corrected chi connectivity index (χ0v) is 21.3. The molecule has 0 bridgehead atoms. The number of carbonyl (C=O) groups is 2. The maximum atomic E-state index is 12.8. The smallest absolute Gasteiger partial charge is 0.408 e. The Bertz CT molecular complexity index is 1010. The summed E-state index contributed by atoms with van der Waals surface area (Å²) in [5.74, 6) is 0.00435. The Balaban J connectivity index is 2.15. The van der Waals surface area contributed by atoms with Gasteiger partial charge in [-0.3, -0.25) is 0 Å². The van der Waals surface area contributed by atoms with E-state index in [0.29, 0.717) is 5.84 Å². The van der Waals surface area contributed by atoms with Gasteiger partial charge in [0.05, 0.1) is 0 Å². The van der Waals surface area contributed by atoms with Crippen molar-refractivity contribution in [2.75, 3.05) is 7.11 Å². The fourth-order valence-corrected chi connectivity index (χ4v) is 3.03. The summed E-state index contributed by atoms with van der Waals surface area (Å²) in [7, 11) is 1.58. The van der Waals surface area contributed by atoms with Crippen LogP contribution in [-0.2, 0) is 32.0 Å². The molecule has 35 heavy (non-hydrogen) atoms. The van der Waals surface area contributed by atoms with Crippen molar-refractivity contribution in [3.8, 4) is 0 Å². The van der Waals surface area contributed by atoms with Gasteiger partial charge in [0.25, 0.3) is 0 Å². The fraction of sp³-hybridized carbons (Fsp3) is 0.407. The number of nitrogens with zero attached hydrogens (tertiary/aromatic N) is 2. The first kappa shape index (κ1) is 27.7. The molecule has 0 heterocycles. The molecule has 188 valence electrons. The number of benzene rings is 2. The average molecular weight is 482 g/mol. The molecule has 2 aromatic carbocycles. The number of methoxy groups -OCH3 is 1. The molecule has 1 N–H and O–H groups in total. The number of aliphatic imine (C=N–C) groups is 2. The summed E-state index contributed by atoms with van der Waals surface area (Å²) in [6.45, 7) is 9.08. The largest absolute Gasteiger partial charge is 0.458 e. The molecule has 0 aliphatic carbocycles. The number of alkyl carbamates (subject to hydrolysis) is 1. The molecule has 0 saturated carbocycles. The molecule has 0 fully saturated rings. The van der Waals surface area contributed by atoms with Gasteiger partial charge in [-0.15, -0.1) is 0 Å². The highest BCUT2D eigenvalue weighted by Crippen LogP contribution is 2.14. The molecule has 2 rings (SSSR count). The fourth-order valence-electron chi connectivity index (χ4n) is 3.03. The van der Waals surface area contributed by atoms with Crippen LogP contribution in [0, 0.1) is 0 Å². The molecule has 0 spiro atoms. The number of amidine groups is 1. The second-order valence-electron chi connectivity index (χ2n) is 8.87. The number of ether oxygens (including phenoxy) is 3. The predicted octanol–water partition coefficient (Wildman–Crippen LogP) is 4.70. The van der Waals surface area contributed by atoms with Crippen molar-refractivity contribution in [3.63, 3.8) is 0 Å². The molecule has 1 unspecified atom stereocenters. The minimum atomic E-state index is -0.918. The summed E-state index contributed by atoms with van der Waals surface area (Å²) >= 11 is 0. The van der Waals surface area contributed by atoms with E-state index in [1.165, 1.54) is 0 Å². The Morgan fingerprint density at radius 3 is 2.26 bits per heavy atom. The minimum Gasteiger partial charge on any atom is -0.458 e. The van der Waals surface area contributed by atoms with Crippen LogP contribution in [-0.4, -0.2) is 49.1 Å². The molecule has 2 atom stereocenters. The number of nitrogens with one attached hydrogen (secondary N) is 1. The van der Waals surface area contributed by atoms with Crippen molar-refractivity contribution >= 4 is 24.1 Å². The summed E-state index contributed by atoms with van der Waals surface area (Å²) in [5, 5.41) is 2.65. The number of amides is 1. The standard InChI is InChI=1S/C27H35N3O5/c1-7-28-24(29-19(2)33-6)22-15-13-20(14-16-22)17-23(25(31)35-27(3,4)5)30-26(32)34-18-21-11-9-8-10-12-21/h7-16,19,23H,17-18H2,1-6H3,(H,30,32)/b28-7-,29-24-/t19?,23-/m0/s1. The van der Waals surface area contributed by atoms with E-state index < -0.39 is 23.7 Å². The van der Waals surface area contributed by atoms with E-state index in [-0.39, 0.29) is 19.3 Å². The average Bonchev–Trinajstić information content (AvgIpc) is 2.82. The summed E-state index contributed by atoms with van der Waals surface area (Å²) in [4.78, 5) is 34.1. The second kappa shape index (κ2) is 13.4. The minimum absolute atomic E-state index is 0.0996. The van der Waals surface area contributed by atoms with Gasteiger partial charge >= 0.3 is 12.1 Å². The Kier molecular flexibility index (Phi) is 10.6. The zero-order chi connectivity index (χ0) is 25.8. The lowest BCUT2D eigenvalue weighted by atomic mass is 10.0. The third kappa shape index (κ3) is 10.1. The van der Waals surface area contributed by atoms with Crippen LogP contribution in [0.5, 0.6) is 0 Å². The first-order valence-electron chi connectivity index (χ1n) is 11.5. The lowest BCUT2D eigenvalue weighted by Gasteiger charge is -2.24. The number of hydrogen-bond donors (Lipinski definition) is 1. The monoisotopic (exact) mass is 481 g/mol. The van der Waals surface area contributed by atoms with Crippen LogP contribution in [0.1, 0.15) is 51.3 Å². The first-order valence-corrected chi connectivity index (χ1v) is 11.5. The van der Waals surface area contributed by atoms with Gasteiger partial charge in [-0.2, -0.15) is 0 Å². The van der Waals surface area contributed by atoms with Gasteiger partial charge in [0.15, 0.2) is 5.84 Å². The van der Waals surface area contributed by atoms with Crippen molar-refractivity contribution in [1.82, 2.24) is 5.32 Å². The highest BCUT2D eigenvalue weighted by atomic mass is 16.6. The quantitative estimate of drug-likeness (QED) is 0.318. The molecule has 0 aliphatic rings. The van der Waals surface area contributed by atoms with Gasteiger partial charge in [-0.1, -0.05) is 54.6 Å². The molecular weight excluding hydrogens is 446 g/mol. The number of carbonyl (C=O) groups excluding carboxylic acids is 2. The van der Waals surface area contributed by atoms with Crippen LogP contribution < -0.4 is 5.32 Å². The molecule has 0 aliphatic heterocycles. The van der Waals surface area contributed by atoms with E-state index >= 15 is 0 Å². The van der Waals surface area contributed by atoms with Crippen molar-refractivity contribution < 1.29 is 23.8 Å². The Morgan fingerprint density at radius 2 is 1.69 bits per heavy atom. The van der Waals surface area contributed by atoms with Crippen molar-refractivity contribution in [3.05, 3.63) is 71.3 Å². The van der Waals surface area contributed by atoms with Gasteiger partial charge < -0.3 is 19.5 Å². The van der Waals surface area contributed by atoms with Gasteiger partial charge in [-0.25, -0.2) is 19.6 Å². The number of esters is 1. The highest BCUT2D eigenvalue weighted by molar-refractivity contribution is 6.02. The normalized spacial score (nSPS) is 13.8. The molecule has 2 aromatic rings. The topological polar surface area (TPSA) is 98.6 Å². The zero-order valence-electron chi connectivity index (χ0n) is 21.3. The molecule has 8 heteroatoms. The summed E-state index contributed by atoms with van der Waals surface area (Å²) in [6.07, 6.45) is 0.865. The van der Waals surface area contributed by atoms with Crippen LogP contribution in [0.2, 0.25) is 0 Å². The number of rotatable bonds is 9. The predicted molar refractivity (Wildman–Crippen MR) is 137 cm³/mol. The van der Waals surface area contributed by atoms with E-state index in [1.807, 2.05) is 68.4 Å². The maximum absolute atomic E-state index is 12.8. The van der Waals surface area contributed by atoms with E-state index in [1.54, 1.807) is 34.1 Å². The molecule has 0 aromatic heterocycles. The van der Waals surface area contributed by atoms with Crippen LogP contribution in [0.15, 0.2) is 64.6 Å². The van der Waals surface area contributed by atoms with Crippen LogP contribution in [0.3, 0.4) is 0 Å². The van der Waals surface area contributed by atoms with Crippen molar-refractivity contribution in [2.45, 2.75) is 65.5 Å². The lowest BCUT2D eigenvalue weighted by Crippen LogP contribution is -2.45. The van der Waals surface area contributed by atoms with Crippen LogP contribution in [0.4, 0.5) is 4.79 Å². The Hall–Kier alpha value is -3.52. The Morgan fingerprint density at radius 1 is 1.03 bits per heavy atom. The second-order valence-corrected chi connectivity index (χ2v) is 8.87. The highest BCUT2D eigenvalue weighted by Gasteiger charge is 2.27. The van der Waals surface area contributed by atoms with Crippen LogP contribution in [0.25, 0.3) is 0 Å². The van der Waals surface area contributed by atoms with E-state index in [4.69, 9.17) is 14.2 Å². The summed E-state index contributed by atoms with van der Waals surface area (Å²) < 4.78 is 16.0. The van der Waals surface area contributed by atoms with Gasteiger partial charge in [-0.05, 0) is 45.7 Å². The van der Waals surface area contributed by atoms with E-state index in [0.717, 1.165) is 16.7 Å². The first-order chi connectivity index (χ1) is 16.6. The van der Waals surface area contributed by atoms with Gasteiger partial charge in [0.2, 0.25) is 0 Å². The van der Waals surface area contributed by atoms with Crippen molar-refractivity contribution in [1.29, 1.82) is 0 Å². The lowest BCUT2D eigenvalue weighted by molar-refractivity contribution is -0.157. The molecule has 0 saturated heterocycles.